The van der Waals surface area contributed by atoms with Crippen molar-refractivity contribution < 1.29 is 9.53 Å². The van der Waals surface area contributed by atoms with E-state index in [9.17, 15) is 4.79 Å². The Morgan fingerprint density at radius 3 is 2.44 bits per heavy atom. The minimum Gasteiger partial charge on any atom is -0.467 e. The largest absolute Gasteiger partial charge is 0.467 e. The topological polar surface area (TPSA) is 67.3 Å². The van der Waals surface area contributed by atoms with E-state index in [1.807, 2.05) is 34.9 Å². The number of carbonyl (C=O) groups is 1. The molecule has 0 atom stereocenters. The lowest BCUT2D eigenvalue weighted by atomic mass is 9.95. The summed E-state index contributed by atoms with van der Waals surface area (Å²) < 4.78 is 4.97. The third-order valence-corrected chi connectivity index (χ3v) is 2.28. The molecule has 0 aliphatic rings. The summed E-state index contributed by atoms with van der Waals surface area (Å²) in [7, 11) is 5.19. The summed E-state index contributed by atoms with van der Waals surface area (Å²) in [6.45, 7) is 5.55. The average Bonchev–Trinajstić information content (AvgIpc) is 2.27. The van der Waals surface area contributed by atoms with Crippen molar-refractivity contribution >= 4 is 17.4 Å². The second-order valence-electron chi connectivity index (χ2n) is 5.19. The number of rotatable bonds is 3. The van der Waals surface area contributed by atoms with Gasteiger partial charge in [-0.1, -0.05) is 20.8 Å². The van der Waals surface area contributed by atoms with Crippen LogP contribution in [0.1, 0.15) is 20.8 Å². The van der Waals surface area contributed by atoms with E-state index in [0.717, 1.165) is 0 Å². The number of hydrogen-bond donors (Lipinski definition) is 1. The molecule has 0 bridgehead atoms. The van der Waals surface area contributed by atoms with E-state index in [0.29, 0.717) is 11.5 Å². The lowest BCUT2D eigenvalue weighted by Gasteiger charge is -2.21. The van der Waals surface area contributed by atoms with Crippen LogP contribution in [0.5, 0.6) is 6.01 Å². The highest BCUT2D eigenvalue weighted by atomic mass is 16.5. The molecule has 0 aromatic carbocycles. The summed E-state index contributed by atoms with van der Waals surface area (Å²) in [4.78, 5) is 21.9. The van der Waals surface area contributed by atoms with Crippen LogP contribution in [0, 0.1) is 5.41 Å². The van der Waals surface area contributed by atoms with Gasteiger partial charge in [0.15, 0.2) is 5.82 Å². The van der Waals surface area contributed by atoms with Gasteiger partial charge in [-0.2, -0.15) is 4.98 Å². The van der Waals surface area contributed by atoms with Gasteiger partial charge in [0.25, 0.3) is 0 Å². The summed E-state index contributed by atoms with van der Waals surface area (Å²) in [6, 6.07) is 0.271. The van der Waals surface area contributed by atoms with Crippen molar-refractivity contribution in [1.29, 1.82) is 0 Å². The fourth-order valence-electron chi connectivity index (χ4n) is 1.19. The third kappa shape index (κ3) is 3.32. The molecule has 0 aliphatic carbocycles. The number of amides is 1. The van der Waals surface area contributed by atoms with Crippen LogP contribution in [0.25, 0.3) is 0 Å². The molecule has 0 radical (unpaired) electrons. The number of ether oxygens (including phenoxy) is 1. The maximum atomic E-state index is 11.9. The van der Waals surface area contributed by atoms with Crippen LogP contribution in [0.2, 0.25) is 0 Å². The van der Waals surface area contributed by atoms with Gasteiger partial charge in [-0.3, -0.25) is 4.79 Å². The van der Waals surface area contributed by atoms with Gasteiger partial charge < -0.3 is 15.0 Å². The van der Waals surface area contributed by atoms with Gasteiger partial charge in [-0.25, -0.2) is 4.98 Å². The lowest BCUT2D eigenvalue weighted by molar-refractivity contribution is -0.123. The SMILES string of the molecule is COc1ncc(NC(=O)C(C)(C)C)c(N(C)C)n1. The van der Waals surface area contributed by atoms with E-state index in [-0.39, 0.29) is 11.9 Å². The molecule has 0 unspecified atom stereocenters. The first-order valence-electron chi connectivity index (χ1n) is 5.65. The minimum atomic E-state index is -0.469. The quantitative estimate of drug-likeness (QED) is 0.883. The van der Waals surface area contributed by atoms with Gasteiger partial charge in [0.2, 0.25) is 5.91 Å². The Kier molecular flexibility index (Phi) is 4.11. The van der Waals surface area contributed by atoms with Gasteiger partial charge in [-0.15, -0.1) is 0 Å². The number of methoxy groups -OCH3 is 1. The monoisotopic (exact) mass is 252 g/mol. The van der Waals surface area contributed by atoms with Gasteiger partial charge in [0.1, 0.15) is 5.69 Å². The second-order valence-corrected chi connectivity index (χ2v) is 5.19. The van der Waals surface area contributed by atoms with Gasteiger partial charge in [0.05, 0.1) is 13.3 Å². The van der Waals surface area contributed by atoms with E-state index in [2.05, 4.69) is 15.3 Å². The van der Waals surface area contributed by atoms with Crippen LogP contribution in [0.15, 0.2) is 6.20 Å². The Morgan fingerprint density at radius 2 is 2.00 bits per heavy atom. The highest BCUT2D eigenvalue weighted by molar-refractivity contribution is 5.96. The summed E-state index contributed by atoms with van der Waals surface area (Å²) >= 11 is 0. The van der Waals surface area contributed by atoms with Gasteiger partial charge in [-0.05, 0) is 0 Å². The predicted octanol–water partition coefficient (Wildman–Crippen LogP) is 1.54. The number of carbonyl (C=O) groups excluding carboxylic acids is 1. The summed E-state index contributed by atoms with van der Waals surface area (Å²) in [5, 5.41) is 2.82. The summed E-state index contributed by atoms with van der Waals surface area (Å²) in [5.41, 5.74) is 0.101. The number of nitrogens with one attached hydrogen (secondary N) is 1. The molecule has 0 aliphatic heterocycles. The number of nitrogens with zero attached hydrogens (tertiary/aromatic N) is 3. The Morgan fingerprint density at radius 1 is 1.39 bits per heavy atom. The molecule has 1 N–H and O–H groups in total. The molecular formula is C12H20N4O2. The number of hydrogen-bond acceptors (Lipinski definition) is 5. The highest BCUT2D eigenvalue weighted by Crippen LogP contribution is 2.25. The maximum Gasteiger partial charge on any atom is 0.318 e. The predicted molar refractivity (Wildman–Crippen MR) is 71.0 cm³/mol. The molecule has 1 rings (SSSR count). The molecular weight excluding hydrogens is 232 g/mol. The molecule has 0 spiro atoms. The zero-order valence-corrected chi connectivity index (χ0v) is 11.7. The number of aromatic nitrogens is 2. The van der Waals surface area contributed by atoms with Crippen molar-refractivity contribution in [2.75, 3.05) is 31.4 Å². The Hall–Kier alpha value is -1.85. The zero-order valence-electron chi connectivity index (χ0n) is 11.7. The standard InChI is InChI=1S/C12H20N4O2/c1-12(2,3)10(17)14-8-7-13-11(18-6)15-9(8)16(4)5/h7H,1-6H3,(H,14,17). The smallest absolute Gasteiger partial charge is 0.318 e. The van der Waals surface area contributed by atoms with E-state index >= 15 is 0 Å². The van der Waals surface area contributed by atoms with Crippen molar-refractivity contribution in [2.24, 2.45) is 5.41 Å². The number of anilines is 2. The summed E-state index contributed by atoms with van der Waals surface area (Å²) in [6.07, 6.45) is 1.55. The first kappa shape index (κ1) is 14.2. The van der Waals surface area contributed by atoms with Crippen molar-refractivity contribution in [3.05, 3.63) is 6.20 Å². The molecule has 18 heavy (non-hydrogen) atoms. The van der Waals surface area contributed by atoms with Crippen LogP contribution >= 0.6 is 0 Å². The molecule has 0 saturated carbocycles. The van der Waals surface area contributed by atoms with Crippen molar-refractivity contribution in [1.82, 2.24) is 9.97 Å². The average molecular weight is 252 g/mol. The van der Waals surface area contributed by atoms with Crippen molar-refractivity contribution in [3.8, 4) is 6.01 Å². The van der Waals surface area contributed by atoms with Crippen LogP contribution in [-0.2, 0) is 4.79 Å². The molecule has 6 heteroatoms. The van der Waals surface area contributed by atoms with Crippen molar-refractivity contribution in [3.63, 3.8) is 0 Å². The van der Waals surface area contributed by atoms with Crippen LogP contribution in [0.3, 0.4) is 0 Å². The third-order valence-electron chi connectivity index (χ3n) is 2.28. The van der Waals surface area contributed by atoms with Crippen LogP contribution in [0.4, 0.5) is 11.5 Å². The maximum absolute atomic E-state index is 11.9. The first-order chi connectivity index (χ1) is 8.25. The van der Waals surface area contributed by atoms with Crippen LogP contribution in [-0.4, -0.2) is 37.1 Å². The molecule has 0 saturated heterocycles. The van der Waals surface area contributed by atoms with E-state index in [1.165, 1.54) is 7.11 Å². The summed E-state index contributed by atoms with van der Waals surface area (Å²) in [5.74, 6) is 0.527. The van der Waals surface area contributed by atoms with E-state index < -0.39 is 5.41 Å². The molecule has 1 aromatic rings. The Labute approximate surface area is 107 Å². The van der Waals surface area contributed by atoms with Crippen LogP contribution < -0.4 is 15.0 Å². The molecule has 1 amide bonds. The fourth-order valence-corrected chi connectivity index (χ4v) is 1.19. The zero-order chi connectivity index (χ0) is 13.9. The van der Waals surface area contributed by atoms with Gasteiger partial charge >= 0.3 is 6.01 Å². The Bertz CT molecular complexity index is 438. The normalized spacial score (nSPS) is 11.0. The van der Waals surface area contributed by atoms with E-state index in [1.54, 1.807) is 11.1 Å². The molecule has 1 aromatic heterocycles. The minimum absolute atomic E-state index is 0.0839. The van der Waals surface area contributed by atoms with E-state index in [4.69, 9.17) is 4.74 Å². The highest BCUT2D eigenvalue weighted by Gasteiger charge is 2.23. The second kappa shape index (κ2) is 5.20. The molecule has 6 nitrogen and oxygen atoms in total. The lowest BCUT2D eigenvalue weighted by Crippen LogP contribution is -2.28. The van der Waals surface area contributed by atoms with Gasteiger partial charge in [0, 0.05) is 19.5 Å². The molecule has 1 heterocycles. The van der Waals surface area contributed by atoms with Crippen molar-refractivity contribution in [2.45, 2.75) is 20.8 Å². The molecule has 0 fully saturated rings. The fraction of sp³-hybridized carbons (Fsp3) is 0.583. The first-order valence-corrected chi connectivity index (χ1v) is 5.65. The Balaban J connectivity index is 3.05. The molecule has 100 valence electrons.